The van der Waals surface area contributed by atoms with E-state index in [1.807, 2.05) is 0 Å². The van der Waals surface area contributed by atoms with Crippen LogP contribution in [0.1, 0.15) is 21.8 Å². The molecule has 2 heterocycles. The van der Waals surface area contributed by atoms with Crippen LogP contribution in [0.3, 0.4) is 0 Å². The monoisotopic (exact) mass is 422 g/mol. The van der Waals surface area contributed by atoms with Crippen molar-refractivity contribution in [3.63, 3.8) is 0 Å². The number of benzene rings is 2. The molecule has 2 aromatic carbocycles. The highest BCUT2D eigenvalue weighted by Gasteiger charge is 2.22. The van der Waals surface area contributed by atoms with E-state index >= 15 is 0 Å². The van der Waals surface area contributed by atoms with E-state index in [2.05, 4.69) is 20.2 Å². The zero-order valence-electron chi connectivity index (χ0n) is 16.1. The lowest BCUT2D eigenvalue weighted by atomic mass is 10.1. The van der Waals surface area contributed by atoms with Crippen LogP contribution in [0.5, 0.6) is 11.6 Å². The number of aromatic carboxylic acids is 1. The third kappa shape index (κ3) is 4.17. The Labute approximate surface area is 174 Å². The van der Waals surface area contributed by atoms with Gasteiger partial charge in [-0.05, 0) is 29.8 Å². The van der Waals surface area contributed by atoms with E-state index in [1.165, 1.54) is 43.5 Å². The van der Waals surface area contributed by atoms with Gasteiger partial charge in [-0.25, -0.2) is 14.2 Å². The molecule has 0 aliphatic heterocycles. The van der Waals surface area contributed by atoms with Gasteiger partial charge in [0, 0.05) is 5.56 Å². The molecule has 156 valence electrons. The second-order valence-corrected chi connectivity index (χ2v) is 6.44. The molecular formula is C21H15FN4O5. The molecule has 31 heavy (non-hydrogen) atoms. The van der Waals surface area contributed by atoms with Crippen LogP contribution < -0.4 is 4.74 Å². The number of aromatic nitrogens is 4. The highest BCUT2D eigenvalue weighted by atomic mass is 19.1. The molecule has 9 nitrogen and oxygen atoms in total. The predicted octanol–water partition coefficient (Wildman–Crippen LogP) is 3.34. The minimum atomic E-state index is -1.06. The third-order valence-corrected chi connectivity index (χ3v) is 4.37. The molecule has 0 fully saturated rings. The number of carboxylic acids is 1. The van der Waals surface area contributed by atoms with E-state index in [4.69, 9.17) is 14.3 Å². The first-order valence-electron chi connectivity index (χ1n) is 9.00. The van der Waals surface area contributed by atoms with Crippen molar-refractivity contribution < 1.29 is 28.6 Å². The summed E-state index contributed by atoms with van der Waals surface area (Å²) in [7, 11) is 1.33. The topological polar surface area (TPSA) is 131 Å². The number of ether oxygens (including phenoxy) is 1. The van der Waals surface area contributed by atoms with Gasteiger partial charge < -0.3 is 19.4 Å². The average molecular weight is 422 g/mol. The molecule has 10 heteroatoms. The molecule has 2 aromatic heterocycles. The summed E-state index contributed by atoms with van der Waals surface area (Å²) in [6.07, 6.45) is 0.264. The van der Waals surface area contributed by atoms with Gasteiger partial charge in [-0.15, -0.1) is 10.2 Å². The first kappa shape index (κ1) is 20.0. The number of rotatable bonds is 6. The summed E-state index contributed by atoms with van der Waals surface area (Å²) in [5.41, 5.74) is 1.33. The fourth-order valence-electron chi connectivity index (χ4n) is 2.81. The number of nitrogens with zero attached hydrogens (tertiary/aromatic N) is 4. The van der Waals surface area contributed by atoms with Crippen molar-refractivity contribution in [1.29, 1.82) is 0 Å². The molecule has 0 radical (unpaired) electrons. The van der Waals surface area contributed by atoms with Crippen LogP contribution in [-0.4, -0.2) is 43.5 Å². The maximum absolute atomic E-state index is 13.1. The largest absolute Gasteiger partial charge is 0.501 e. The molecule has 0 aliphatic rings. The molecule has 0 amide bonds. The Morgan fingerprint density at radius 1 is 1.06 bits per heavy atom. The second-order valence-electron chi connectivity index (χ2n) is 6.44. The van der Waals surface area contributed by atoms with Gasteiger partial charge in [-0.2, -0.15) is 4.98 Å². The van der Waals surface area contributed by atoms with Crippen LogP contribution in [0, 0.1) is 5.82 Å². The molecule has 0 saturated carbocycles. The van der Waals surface area contributed by atoms with Gasteiger partial charge in [-0.1, -0.05) is 24.3 Å². The second kappa shape index (κ2) is 8.19. The standard InChI is InChI=1S/C21H15FN4O5/c1-30-20-17(27)16(23-18(24-20)12-4-6-13(7-5-12)21(28)29)19-26-25-15(31-19)10-11-2-8-14(22)9-3-11/h2-9,27H,10H2,1H3,(H,28,29). The lowest BCUT2D eigenvalue weighted by Gasteiger charge is -2.08. The number of methoxy groups -OCH3 is 1. The summed E-state index contributed by atoms with van der Waals surface area (Å²) in [6.45, 7) is 0. The van der Waals surface area contributed by atoms with E-state index in [9.17, 15) is 14.3 Å². The zero-order chi connectivity index (χ0) is 22.0. The smallest absolute Gasteiger partial charge is 0.335 e. The number of carbonyl (C=O) groups is 1. The SMILES string of the molecule is COc1nc(-c2ccc(C(=O)O)cc2)nc(-c2nnc(Cc3ccc(F)cc3)o2)c1O. The Morgan fingerprint density at radius 3 is 2.42 bits per heavy atom. The van der Waals surface area contributed by atoms with E-state index < -0.39 is 5.97 Å². The molecule has 0 atom stereocenters. The molecule has 0 aliphatic carbocycles. The molecule has 2 N–H and O–H groups in total. The summed E-state index contributed by atoms with van der Waals surface area (Å²) in [5, 5.41) is 27.4. The lowest BCUT2D eigenvalue weighted by molar-refractivity contribution is 0.0697. The molecule has 4 rings (SSSR count). The Morgan fingerprint density at radius 2 is 1.77 bits per heavy atom. The van der Waals surface area contributed by atoms with Gasteiger partial charge in [0.1, 0.15) is 5.82 Å². The lowest BCUT2D eigenvalue weighted by Crippen LogP contribution is -1.99. The number of halogens is 1. The Hall–Kier alpha value is -4.34. The van der Waals surface area contributed by atoms with Gasteiger partial charge >= 0.3 is 5.97 Å². The minimum absolute atomic E-state index is 0.0398. The first-order valence-corrected chi connectivity index (χ1v) is 9.00. The van der Waals surface area contributed by atoms with Crippen LogP contribution in [-0.2, 0) is 6.42 Å². The quantitative estimate of drug-likeness (QED) is 0.480. The van der Waals surface area contributed by atoms with Crippen molar-refractivity contribution in [2.24, 2.45) is 0 Å². The maximum Gasteiger partial charge on any atom is 0.335 e. The molecule has 0 spiro atoms. The molecule has 0 saturated heterocycles. The summed E-state index contributed by atoms with van der Waals surface area (Å²) >= 11 is 0. The summed E-state index contributed by atoms with van der Waals surface area (Å²) in [5.74, 6) is -1.55. The van der Waals surface area contributed by atoms with Gasteiger partial charge in [0.15, 0.2) is 11.5 Å². The van der Waals surface area contributed by atoms with Gasteiger partial charge in [-0.3, -0.25) is 0 Å². The number of aromatic hydroxyl groups is 1. The molecular weight excluding hydrogens is 407 g/mol. The van der Waals surface area contributed by atoms with Crippen molar-refractivity contribution in [2.75, 3.05) is 7.11 Å². The van der Waals surface area contributed by atoms with Crippen LogP contribution in [0.4, 0.5) is 4.39 Å². The van der Waals surface area contributed by atoms with Crippen molar-refractivity contribution in [3.05, 3.63) is 71.4 Å². The summed E-state index contributed by atoms with van der Waals surface area (Å²) in [6, 6.07) is 11.7. The van der Waals surface area contributed by atoms with Crippen molar-refractivity contribution in [3.8, 4) is 34.6 Å². The van der Waals surface area contributed by atoms with E-state index in [0.29, 0.717) is 5.56 Å². The van der Waals surface area contributed by atoms with Crippen LogP contribution in [0.15, 0.2) is 52.9 Å². The Kier molecular flexibility index (Phi) is 5.27. The van der Waals surface area contributed by atoms with E-state index in [-0.39, 0.29) is 52.7 Å². The first-order chi connectivity index (χ1) is 14.9. The highest BCUT2D eigenvalue weighted by Crippen LogP contribution is 2.35. The molecule has 4 aromatic rings. The van der Waals surface area contributed by atoms with Crippen molar-refractivity contribution in [2.45, 2.75) is 6.42 Å². The maximum atomic E-state index is 13.1. The number of carboxylic acid groups (broad SMARTS) is 1. The number of hydrogen-bond donors (Lipinski definition) is 2. The fourth-order valence-corrected chi connectivity index (χ4v) is 2.81. The van der Waals surface area contributed by atoms with Crippen LogP contribution >= 0.6 is 0 Å². The summed E-state index contributed by atoms with van der Waals surface area (Å²) in [4.78, 5) is 19.5. The molecule has 0 unspecified atom stereocenters. The van der Waals surface area contributed by atoms with Crippen molar-refractivity contribution in [1.82, 2.24) is 20.2 Å². The third-order valence-electron chi connectivity index (χ3n) is 4.37. The van der Waals surface area contributed by atoms with Gasteiger partial charge in [0.05, 0.1) is 19.1 Å². The zero-order valence-corrected chi connectivity index (χ0v) is 16.1. The minimum Gasteiger partial charge on any atom is -0.501 e. The predicted molar refractivity (Wildman–Crippen MR) is 105 cm³/mol. The van der Waals surface area contributed by atoms with Crippen LogP contribution in [0.2, 0.25) is 0 Å². The van der Waals surface area contributed by atoms with E-state index in [0.717, 1.165) is 5.56 Å². The summed E-state index contributed by atoms with van der Waals surface area (Å²) < 4.78 is 23.8. The fraction of sp³-hybridized carbons (Fsp3) is 0.0952. The van der Waals surface area contributed by atoms with Crippen LogP contribution in [0.25, 0.3) is 23.0 Å². The normalized spacial score (nSPS) is 10.8. The Bertz CT molecular complexity index is 1240. The van der Waals surface area contributed by atoms with E-state index in [1.54, 1.807) is 12.1 Å². The van der Waals surface area contributed by atoms with Gasteiger partial charge in [0.25, 0.3) is 11.8 Å². The highest BCUT2D eigenvalue weighted by molar-refractivity contribution is 5.88. The molecule has 0 bridgehead atoms. The Balaban J connectivity index is 1.69. The van der Waals surface area contributed by atoms with Gasteiger partial charge in [0.2, 0.25) is 11.6 Å². The number of hydrogen-bond acceptors (Lipinski definition) is 8. The average Bonchev–Trinajstić information content (AvgIpc) is 3.24. The van der Waals surface area contributed by atoms with Crippen molar-refractivity contribution >= 4 is 5.97 Å².